The number of aliphatic hydroxyl groups excluding tert-OH is 2. The number of H-pyrrole nitrogens is 1. The summed E-state index contributed by atoms with van der Waals surface area (Å²) in [7, 11) is 0. The largest absolute Gasteiger partial charge is 0.389 e. The Morgan fingerprint density at radius 2 is 2.00 bits per heavy atom. The lowest BCUT2D eigenvalue weighted by Gasteiger charge is -2.14. The third-order valence-electron chi connectivity index (χ3n) is 2.46. The summed E-state index contributed by atoms with van der Waals surface area (Å²) in [5.41, 5.74) is 1.62. The van der Waals surface area contributed by atoms with Crippen LogP contribution in [0.4, 0.5) is 0 Å². The Labute approximate surface area is 92.3 Å². The Morgan fingerprint density at radius 3 is 2.73 bits per heavy atom. The highest BCUT2D eigenvalue weighted by molar-refractivity contribution is 6.18. The van der Waals surface area contributed by atoms with E-state index in [0.29, 0.717) is 5.56 Å². The van der Waals surface area contributed by atoms with Crippen LogP contribution >= 0.6 is 11.6 Å². The number of aromatic nitrogens is 1. The van der Waals surface area contributed by atoms with Crippen LogP contribution in [0.3, 0.4) is 0 Å². The summed E-state index contributed by atoms with van der Waals surface area (Å²) in [6, 6.07) is 7.61. The number of benzene rings is 1. The van der Waals surface area contributed by atoms with Crippen LogP contribution in [-0.2, 0) is 0 Å². The molecule has 0 saturated carbocycles. The molecule has 4 heteroatoms. The number of aromatic amines is 1. The molecule has 0 radical (unpaired) electrons. The van der Waals surface area contributed by atoms with Gasteiger partial charge in [0.1, 0.15) is 6.10 Å². The van der Waals surface area contributed by atoms with E-state index in [2.05, 4.69) is 4.98 Å². The van der Waals surface area contributed by atoms with Gasteiger partial charge in [-0.1, -0.05) is 18.2 Å². The molecule has 80 valence electrons. The topological polar surface area (TPSA) is 56.2 Å². The van der Waals surface area contributed by atoms with Crippen molar-refractivity contribution < 1.29 is 10.2 Å². The van der Waals surface area contributed by atoms with Crippen molar-refractivity contribution in [2.24, 2.45) is 0 Å². The van der Waals surface area contributed by atoms with E-state index in [1.165, 1.54) is 0 Å². The van der Waals surface area contributed by atoms with Crippen molar-refractivity contribution in [3.8, 4) is 0 Å². The van der Waals surface area contributed by atoms with Gasteiger partial charge in [0, 0.05) is 22.7 Å². The first-order valence-electron chi connectivity index (χ1n) is 4.72. The van der Waals surface area contributed by atoms with Gasteiger partial charge < -0.3 is 15.2 Å². The fourth-order valence-corrected chi connectivity index (χ4v) is 1.80. The Morgan fingerprint density at radius 1 is 1.27 bits per heavy atom. The summed E-state index contributed by atoms with van der Waals surface area (Å²) < 4.78 is 0. The number of aliphatic hydroxyl groups is 2. The molecule has 15 heavy (non-hydrogen) atoms. The maximum absolute atomic E-state index is 9.82. The van der Waals surface area contributed by atoms with E-state index in [0.717, 1.165) is 10.9 Å². The second-order valence-corrected chi connectivity index (χ2v) is 3.76. The number of hydrogen-bond acceptors (Lipinski definition) is 2. The lowest BCUT2D eigenvalue weighted by molar-refractivity contribution is 0.0336. The van der Waals surface area contributed by atoms with Crippen molar-refractivity contribution in [1.29, 1.82) is 0 Å². The average molecular weight is 226 g/mol. The third kappa shape index (κ3) is 1.86. The van der Waals surface area contributed by atoms with Crippen molar-refractivity contribution in [3.63, 3.8) is 0 Å². The van der Waals surface area contributed by atoms with Gasteiger partial charge >= 0.3 is 0 Å². The summed E-state index contributed by atoms with van der Waals surface area (Å²) in [5.74, 6) is 0.0146. The standard InChI is InChI=1S/C11H12ClNO2/c12-5-10(14)11(15)8-6-13-9-4-2-1-3-7(8)9/h1-4,6,10-11,13-15H,5H2. The highest BCUT2D eigenvalue weighted by Gasteiger charge is 2.20. The van der Waals surface area contributed by atoms with Gasteiger partial charge in [0.2, 0.25) is 0 Å². The monoisotopic (exact) mass is 225 g/mol. The molecule has 0 fully saturated rings. The van der Waals surface area contributed by atoms with E-state index in [4.69, 9.17) is 11.6 Å². The van der Waals surface area contributed by atoms with Crippen LogP contribution in [0, 0.1) is 0 Å². The molecule has 2 atom stereocenters. The second kappa shape index (κ2) is 4.23. The zero-order chi connectivity index (χ0) is 10.8. The Hall–Kier alpha value is -1.03. The van der Waals surface area contributed by atoms with Gasteiger partial charge in [-0.05, 0) is 6.07 Å². The molecule has 2 aromatic rings. The highest BCUT2D eigenvalue weighted by atomic mass is 35.5. The number of rotatable bonds is 3. The van der Waals surface area contributed by atoms with E-state index >= 15 is 0 Å². The molecular weight excluding hydrogens is 214 g/mol. The molecule has 0 aliphatic carbocycles. The molecule has 0 bridgehead atoms. The highest BCUT2D eigenvalue weighted by Crippen LogP contribution is 2.26. The summed E-state index contributed by atoms with van der Waals surface area (Å²) in [5, 5.41) is 20.2. The zero-order valence-corrected chi connectivity index (χ0v) is 8.78. The summed E-state index contributed by atoms with van der Waals surface area (Å²) >= 11 is 5.49. The van der Waals surface area contributed by atoms with Crippen LogP contribution in [0.25, 0.3) is 10.9 Å². The van der Waals surface area contributed by atoms with E-state index < -0.39 is 12.2 Å². The molecular formula is C11H12ClNO2. The second-order valence-electron chi connectivity index (χ2n) is 3.46. The average Bonchev–Trinajstić information content (AvgIpc) is 2.70. The first kappa shape index (κ1) is 10.5. The van der Waals surface area contributed by atoms with Crippen LogP contribution in [0.5, 0.6) is 0 Å². The van der Waals surface area contributed by atoms with E-state index in [-0.39, 0.29) is 5.88 Å². The van der Waals surface area contributed by atoms with E-state index in [9.17, 15) is 10.2 Å². The summed E-state index contributed by atoms with van der Waals surface area (Å²) in [6.45, 7) is 0. The quantitative estimate of drug-likeness (QED) is 0.698. The number of para-hydroxylation sites is 1. The van der Waals surface area contributed by atoms with Crippen molar-refractivity contribution in [2.45, 2.75) is 12.2 Å². The predicted octanol–water partition coefficient (Wildman–Crippen LogP) is 1.80. The summed E-state index contributed by atoms with van der Waals surface area (Å²) in [6.07, 6.45) is -0.185. The zero-order valence-electron chi connectivity index (χ0n) is 8.02. The van der Waals surface area contributed by atoms with Crippen molar-refractivity contribution in [2.75, 3.05) is 5.88 Å². The lowest BCUT2D eigenvalue weighted by atomic mass is 10.0. The summed E-state index contributed by atoms with van der Waals surface area (Å²) in [4.78, 5) is 3.03. The predicted molar refractivity (Wildman–Crippen MR) is 60.0 cm³/mol. The Kier molecular flexibility index (Phi) is 2.95. The third-order valence-corrected chi connectivity index (χ3v) is 2.78. The Balaban J connectivity index is 2.43. The van der Waals surface area contributed by atoms with Gasteiger partial charge in [-0.15, -0.1) is 11.6 Å². The fourth-order valence-electron chi connectivity index (χ4n) is 1.63. The van der Waals surface area contributed by atoms with Gasteiger partial charge in [0.15, 0.2) is 0 Å². The van der Waals surface area contributed by atoms with E-state index in [1.54, 1.807) is 6.20 Å². The molecule has 1 aromatic carbocycles. The van der Waals surface area contributed by atoms with Crippen LogP contribution in [-0.4, -0.2) is 27.2 Å². The number of alkyl halides is 1. The van der Waals surface area contributed by atoms with Gasteiger partial charge in [-0.2, -0.15) is 0 Å². The van der Waals surface area contributed by atoms with Gasteiger partial charge in [0.05, 0.1) is 12.0 Å². The van der Waals surface area contributed by atoms with Crippen LogP contribution < -0.4 is 0 Å². The molecule has 3 nitrogen and oxygen atoms in total. The van der Waals surface area contributed by atoms with Gasteiger partial charge in [-0.3, -0.25) is 0 Å². The van der Waals surface area contributed by atoms with Gasteiger partial charge in [0.25, 0.3) is 0 Å². The van der Waals surface area contributed by atoms with Crippen LogP contribution in [0.15, 0.2) is 30.5 Å². The smallest absolute Gasteiger partial charge is 0.108 e. The van der Waals surface area contributed by atoms with E-state index in [1.807, 2.05) is 24.3 Å². The first-order valence-corrected chi connectivity index (χ1v) is 5.25. The van der Waals surface area contributed by atoms with Crippen molar-refractivity contribution in [3.05, 3.63) is 36.0 Å². The first-order chi connectivity index (χ1) is 7.24. The maximum atomic E-state index is 9.82. The minimum atomic E-state index is -0.946. The number of fused-ring (bicyclic) bond motifs is 1. The Bertz CT molecular complexity index is 455. The molecule has 0 saturated heterocycles. The molecule has 0 spiro atoms. The van der Waals surface area contributed by atoms with Crippen molar-refractivity contribution >= 4 is 22.5 Å². The molecule has 0 amide bonds. The molecule has 1 aromatic heterocycles. The van der Waals surface area contributed by atoms with Crippen LogP contribution in [0.2, 0.25) is 0 Å². The molecule has 3 N–H and O–H groups in total. The minimum Gasteiger partial charge on any atom is -0.389 e. The number of nitrogens with one attached hydrogen (secondary N) is 1. The SMILES string of the molecule is OC(CCl)C(O)c1c[nH]c2ccccc12. The molecule has 2 rings (SSSR count). The number of halogens is 1. The van der Waals surface area contributed by atoms with Gasteiger partial charge in [-0.25, -0.2) is 0 Å². The maximum Gasteiger partial charge on any atom is 0.108 e. The molecule has 2 unspecified atom stereocenters. The molecule has 1 heterocycles. The minimum absolute atomic E-state index is 0.0146. The van der Waals surface area contributed by atoms with Crippen LogP contribution in [0.1, 0.15) is 11.7 Å². The molecule has 0 aliphatic heterocycles. The fraction of sp³-hybridized carbons (Fsp3) is 0.273. The lowest BCUT2D eigenvalue weighted by Crippen LogP contribution is -2.19. The number of hydrogen-bond donors (Lipinski definition) is 3. The normalized spacial score (nSPS) is 15.4. The molecule has 0 aliphatic rings. The van der Waals surface area contributed by atoms with Crippen molar-refractivity contribution in [1.82, 2.24) is 4.98 Å².